The molecule has 39 heavy (non-hydrogen) atoms. The molecule has 2 aromatic heterocycles. The van der Waals surface area contributed by atoms with E-state index in [2.05, 4.69) is 26.8 Å². The van der Waals surface area contributed by atoms with Crippen molar-refractivity contribution in [3.05, 3.63) is 76.6 Å². The average molecular weight is 546 g/mol. The number of hydrogen-bond donors (Lipinski definition) is 3. The van der Waals surface area contributed by atoms with E-state index in [1.807, 2.05) is 54.9 Å². The minimum absolute atomic E-state index is 0.0780. The summed E-state index contributed by atoms with van der Waals surface area (Å²) in [6.45, 7) is 6.18. The molecule has 0 radical (unpaired) electrons. The maximum atomic E-state index is 13.6. The Balaban J connectivity index is 1.42. The zero-order valence-corrected chi connectivity index (χ0v) is 22.8. The highest BCUT2D eigenvalue weighted by atomic mass is 35.5. The lowest BCUT2D eigenvalue weighted by molar-refractivity contribution is 0.0951. The first-order chi connectivity index (χ1) is 18.8. The third-order valence-electron chi connectivity index (χ3n) is 7.21. The molecular weight excluding hydrogens is 514 g/mol. The highest BCUT2D eigenvalue weighted by molar-refractivity contribution is 6.30. The zero-order chi connectivity index (χ0) is 27.5. The molecule has 0 spiro atoms. The van der Waals surface area contributed by atoms with Gasteiger partial charge in [0.15, 0.2) is 5.65 Å². The van der Waals surface area contributed by atoms with Crippen molar-refractivity contribution in [2.45, 2.75) is 45.8 Å². The van der Waals surface area contributed by atoms with E-state index in [1.165, 1.54) is 0 Å². The van der Waals surface area contributed by atoms with Crippen LogP contribution >= 0.6 is 11.6 Å². The van der Waals surface area contributed by atoms with Crippen LogP contribution in [0.15, 0.2) is 54.9 Å². The summed E-state index contributed by atoms with van der Waals surface area (Å²) in [5.74, 6) is -0.233. The third-order valence-corrected chi connectivity index (χ3v) is 7.44. The molecule has 1 aliphatic rings. The minimum atomic E-state index is -0.405. The van der Waals surface area contributed by atoms with Gasteiger partial charge in [0.2, 0.25) is 0 Å². The first-order valence-corrected chi connectivity index (χ1v) is 13.5. The van der Waals surface area contributed by atoms with Crippen LogP contribution < -0.4 is 16.4 Å². The van der Waals surface area contributed by atoms with Crippen molar-refractivity contribution in [1.29, 1.82) is 0 Å². The van der Waals surface area contributed by atoms with Gasteiger partial charge in [-0.3, -0.25) is 4.79 Å². The summed E-state index contributed by atoms with van der Waals surface area (Å²) in [5.41, 5.74) is 11.4. The number of anilines is 1. The van der Waals surface area contributed by atoms with Crippen molar-refractivity contribution in [2.24, 2.45) is 5.73 Å². The van der Waals surface area contributed by atoms with Crippen LogP contribution in [-0.2, 0) is 13.1 Å². The summed E-state index contributed by atoms with van der Waals surface area (Å²) in [6.07, 6.45) is 4.81. The molecule has 10 heteroatoms. The van der Waals surface area contributed by atoms with Gasteiger partial charge in [-0.05, 0) is 55.5 Å². The van der Waals surface area contributed by atoms with Gasteiger partial charge in [-0.2, -0.15) is 5.10 Å². The van der Waals surface area contributed by atoms with E-state index in [0.29, 0.717) is 48.1 Å². The highest BCUT2D eigenvalue weighted by Gasteiger charge is 2.25. The quantitative estimate of drug-likeness (QED) is 0.303. The Morgan fingerprint density at radius 2 is 1.92 bits per heavy atom. The van der Waals surface area contributed by atoms with Crippen LogP contribution in [0.2, 0.25) is 5.02 Å². The van der Waals surface area contributed by atoms with Crippen molar-refractivity contribution < 1.29 is 9.59 Å². The summed E-state index contributed by atoms with van der Waals surface area (Å²) >= 11 is 6.26. The van der Waals surface area contributed by atoms with Crippen molar-refractivity contribution in [1.82, 2.24) is 25.0 Å². The largest absolute Gasteiger partial charge is 0.381 e. The number of nitrogens with zero attached hydrogens (tertiary/aromatic N) is 4. The number of urea groups is 1. The fourth-order valence-electron chi connectivity index (χ4n) is 5.07. The number of aryl methyl sites for hydroxylation is 2. The number of benzene rings is 2. The van der Waals surface area contributed by atoms with Gasteiger partial charge >= 0.3 is 6.03 Å². The summed E-state index contributed by atoms with van der Waals surface area (Å²) in [5, 5.41) is 12.6. The van der Waals surface area contributed by atoms with E-state index >= 15 is 0 Å². The topological polar surface area (TPSA) is 118 Å². The van der Waals surface area contributed by atoms with Gasteiger partial charge in [0.1, 0.15) is 0 Å². The number of nitrogens with one attached hydrogen (secondary N) is 2. The number of halogens is 1. The Morgan fingerprint density at radius 3 is 2.64 bits per heavy atom. The number of pyridine rings is 1. The molecule has 3 amide bonds. The molecule has 0 bridgehead atoms. The van der Waals surface area contributed by atoms with E-state index in [9.17, 15) is 9.59 Å². The second kappa shape index (κ2) is 11.3. The van der Waals surface area contributed by atoms with Crippen LogP contribution in [0.3, 0.4) is 0 Å². The Labute approximate surface area is 232 Å². The number of primary amides is 1. The number of piperidine rings is 1. The number of carbonyl (C=O) groups is 2. The van der Waals surface area contributed by atoms with Gasteiger partial charge in [-0.25, -0.2) is 14.5 Å². The van der Waals surface area contributed by atoms with Crippen LogP contribution in [0.5, 0.6) is 0 Å². The summed E-state index contributed by atoms with van der Waals surface area (Å²) in [4.78, 5) is 31.4. The SMILES string of the molecule is CCn1ncc2c(NC3CCN(C(N)=O)CC3)c(C(=O)NCc3ccc(C)cc3-c3cccc(Cl)c3)cnc21. The van der Waals surface area contributed by atoms with Gasteiger partial charge < -0.3 is 21.3 Å². The molecule has 1 fully saturated rings. The second-order valence-corrected chi connectivity index (χ2v) is 10.3. The van der Waals surface area contributed by atoms with Crippen molar-refractivity contribution in [2.75, 3.05) is 18.4 Å². The van der Waals surface area contributed by atoms with E-state index in [0.717, 1.165) is 40.5 Å². The molecule has 0 atom stereocenters. The third kappa shape index (κ3) is 5.68. The molecular formula is C29H32ClN7O2. The predicted octanol–water partition coefficient (Wildman–Crippen LogP) is 4.97. The monoisotopic (exact) mass is 545 g/mol. The number of nitrogens with two attached hydrogens (primary N) is 1. The smallest absolute Gasteiger partial charge is 0.314 e. The molecule has 4 N–H and O–H groups in total. The fourth-order valence-corrected chi connectivity index (χ4v) is 5.26. The van der Waals surface area contributed by atoms with Crippen LogP contribution in [0.1, 0.15) is 41.3 Å². The lowest BCUT2D eigenvalue weighted by atomic mass is 9.97. The van der Waals surface area contributed by atoms with Gasteiger partial charge in [0.25, 0.3) is 5.91 Å². The van der Waals surface area contributed by atoms with E-state index in [1.54, 1.807) is 17.3 Å². The Kier molecular flexibility index (Phi) is 7.70. The van der Waals surface area contributed by atoms with Crippen molar-refractivity contribution >= 4 is 40.3 Å². The number of fused-ring (bicyclic) bond motifs is 1. The Hall–Kier alpha value is -4.11. The van der Waals surface area contributed by atoms with Gasteiger partial charge in [-0.1, -0.05) is 47.5 Å². The standard InChI is InChI=1S/C29H32ClN7O2/c1-3-37-27-24(17-34-37)26(35-22-9-11-36(12-10-22)29(31)39)25(16-32-27)28(38)33-15-20-8-7-18(2)13-23(20)19-5-4-6-21(30)14-19/h4-8,13-14,16-17,22H,3,9-12,15H2,1-2H3,(H2,31,39)(H,32,35)(H,33,38). The first-order valence-electron chi connectivity index (χ1n) is 13.1. The molecule has 0 saturated carbocycles. The van der Waals surface area contributed by atoms with E-state index < -0.39 is 6.03 Å². The molecule has 9 nitrogen and oxygen atoms in total. The summed E-state index contributed by atoms with van der Waals surface area (Å²) in [7, 11) is 0. The molecule has 0 aliphatic carbocycles. The normalized spacial score (nSPS) is 14.0. The lowest BCUT2D eigenvalue weighted by Crippen LogP contribution is -2.44. The van der Waals surface area contributed by atoms with Crippen molar-refractivity contribution in [3.63, 3.8) is 0 Å². The maximum Gasteiger partial charge on any atom is 0.314 e. The maximum absolute atomic E-state index is 13.6. The number of hydrogen-bond acceptors (Lipinski definition) is 5. The molecule has 2 aromatic carbocycles. The first kappa shape index (κ1) is 26.5. The van der Waals surface area contributed by atoms with Gasteiger partial charge in [0, 0.05) is 43.4 Å². The summed E-state index contributed by atoms with van der Waals surface area (Å²) < 4.78 is 1.81. The molecule has 202 valence electrons. The molecule has 3 heterocycles. The number of aromatic nitrogens is 3. The number of carbonyl (C=O) groups excluding carboxylic acids is 2. The highest BCUT2D eigenvalue weighted by Crippen LogP contribution is 2.30. The number of likely N-dealkylation sites (tertiary alicyclic amines) is 1. The molecule has 1 aliphatic heterocycles. The summed E-state index contributed by atoms with van der Waals surface area (Å²) in [6, 6.07) is 13.6. The zero-order valence-electron chi connectivity index (χ0n) is 22.1. The van der Waals surface area contributed by atoms with E-state index in [4.69, 9.17) is 17.3 Å². The number of amides is 3. The molecule has 5 rings (SSSR count). The van der Waals surface area contributed by atoms with Gasteiger partial charge in [0.05, 0.1) is 22.8 Å². The molecule has 1 saturated heterocycles. The van der Waals surface area contributed by atoms with Crippen molar-refractivity contribution in [3.8, 4) is 11.1 Å². The molecule has 0 unspecified atom stereocenters. The van der Waals surface area contributed by atoms with Crippen LogP contribution in [0.25, 0.3) is 22.2 Å². The number of rotatable bonds is 7. The fraction of sp³-hybridized carbons (Fsp3) is 0.310. The predicted molar refractivity (Wildman–Crippen MR) is 154 cm³/mol. The lowest BCUT2D eigenvalue weighted by Gasteiger charge is -2.32. The minimum Gasteiger partial charge on any atom is -0.381 e. The van der Waals surface area contributed by atoms with E-state index in [-0.39, 0.29) is 11.9 Å². The Morgan fingerprint density at radius 1 is 1.13 bits per heavy atom. The van der Waals surface area contributed by atoms with Crippen LogP contribution in [0, 0.1) is 6.92 Å². The van der Waals surface area contributed by atoms with Crippen LogP contribution in [-0.4, -0.2) is 50.7 Å². The van der Waals surface area contributed by atoms with Gasteiger partial charge in [-0.15, -0.1) is 0 Å². The Bertz CT molecular complexity index is 1530. The average Bonchev–Trinajstić information content (AvgIpc) is 3.36. The van der Waals surface area contributed by atoms with Crippen LogP contribution in [0.4, 0.5) is 10.5 Å². The second-order valence-electron chi connectivity index (χ2n) is 9.84. The molecule has 4 aromatic rings.